The van der Waals surface area contributed by atoms with Gasteiger partial charge in [0, 0.05) is 20.0 Å². The molecule has 140 valence electrons. The van der Waals surface area contributed by atoms with Crippen LogP contribution in [0.2, 0.25) is 0 Å². The van der Waals surface area contributed by atoms with Crippen LogP contribution in [-0.4, -0.2) is 25.8 Å². The van der Waals surface area contributed by atoms with Crippen molar-refractivity contribution < 1.29 is 21.8 Å². The Morgan fingerprint density at radius 1 is 1.15 bits per heavy atom. The summed E-state index contributed by atoms with van der Waals surface area (Å²) in [6.45, 7) is 6.51. The third kappa shape index (κ3) is 5.56. The van der Waals surface area contributed by atoms with Gasteiger partial charge in [-0.1, -0.05) is 26.0 Å². The van der Waals surface area contributed by atoms with Crippen LogP contribution in [0.25, 0.3) is 0 Å². The summed E-state index contributed by atoms with van der Waals surface area (Å²) in [4.78, 5) is 13.3. The molecule has 1 amide bonds. The van der Waals surface area contributed by atoms with Crippen LogP contribution in [0, 0.1) is 11.7 Å². The molecule has 0 aliphatic carbocycles. The molecule has 0 unspecified atom stereocenters. The molecule has 5 nitrogen and oxygen atoms in total. The predicted octanol–water partition coefficient (Wildman–Crippen LogP) is 3.60. The standard InChI is InChI=1S/C19H22FNO4S/c1-14(2)12-21(15(3)22)13-16-5-4-6-18(11-16)25-26(23,24)19-9-7-17(20)8-10-19/h4-11,14H,12-13H2,1-3H3. The van der Waals surface area contributed by atoms with Gasteiger partial charge in [0.15, 0.2) is 0 Å². The number of nitrogens with zero attached hydrogens (tertiary/aromatic N) is 1. The second kappa shape index (κ2) is 8.31. The fraction of sp³-hybridized carbons (Fsp3) is 0.316. The van der Waals surface area contributed by atoms with Crippen LogP contribution < -0.4 is 4.18 Å². The fourth-order valence-corrected chi connectivity index (χ4v) is 3.36. The maximum Gasteiger partial charge on any atom is 0.339 e. The van der Waals surface area contributed by atoms with E-state index in [0.717, 1.165) is 29.8 Å². The molecule has 2 aromatic carbocycles. The monoisotopic (exact) mass is 379 g/mol. The Morgan fingerprint density at radius 2 is 1.81 bits per heavy atom. The van der Waals surface area contributed by atoms with E-state index in [9.17, 15) is 17.6 Å². The van der Waals surface area contributed by atoms with Crippen molar-refractivity contribution in [2.45, 2.75) is 32.2 Å². The van der Waals surface area contributed by atoms with Crippen molar-refractivity contribution in [1.82, 2.24) is 4.90 Å². The van der Waals surface area contributed by atoms with Crippen LogP contribution in [-0.2, 0) is 21.5 Å². The Hall–Kier alpha value is -2.41. The van der Waals surface area contributed by atoms with Crippen molar-refractivity contribution >= 4 is 16.0 Å². The molecule has 0 saturated heterocycles. The molecule has 0 spiro atoms. The van der Waals surface area contributed by atoms with E-state index in [0.29, 0.717) is 19.0 Å². The Labute approximate surface area is 153 Å². The first-order chi connectivity index (χ1) is 12.2. The van der Waals surface area contributed by atoms with Crippen molar-refractivity contribution in [3.63, 3.8) is 0 Å². The maximum absolute atomic E-state index is 13.0. The number of hydrogen-bond donors (Lipinski definition) is 0. The molecule has 0 atom stereocenters. The fourth-order valence-electron chi connectivity index (χ4n) is 2.44. The lowest BCUT2D eigenvalue weighted by atomic mass is 10.1. The van der Waals surface area contributed by atoms with Crippen LogP contribution in [0.5, 0.6) is 5.75 Å². The van der Waals surface area contributed by atoms with Gasteiger partial charge in [-0.2, -0.15) is 8.42 Å². The van der Waals surface area contributed by atoms with Crippen LogP contribution in [0.3, 0.4) is 0 Å². The first kappa shape index (κ1) is 19.9. The average molecular weight is 379 g/mol. The summed E-state index contributed by atoms with van der Waals surface area (Å²) in [6.07, 6.45) is 0. The van der Waals surface area contributed by atoms with Crippen molar-refractivity contribution in [2.24, 2.45) is 5.92 Å². The molecule has 0 heterocycles. The Bertz CT molecular complexity index is 863. The second-order valence-corrected chi connectivity index (χ2v) is 7.98. The zero-order valence-corrected chi connectivity index (χ0v) is 15.8. The summed E-state index contributed by atoms with van der Waals surface area (Å²) in [6, 6.07) is 11.0. The minimum Gasteiger partial charge on any atom is -0.379 e. The van der Waals surface area contributed by atoms with Crippen molar-refractivity contribution in [2.75, 3.05) is 6.54 Å². The van der Waals surface area contributed by atoms with E-state index in [2.05, 4.69) is 0 Å². The van der Waals surface area contributed by atoms with E-state index < -0.39 is 15.9 Å². The molecule has 0 aliphatic heterocycles. The van der Waals surface area contributed by atoms with Gasteiger partial charge in [-0.25, -0.2) is 4.39 Å². The highest BCUT2D eigenvalue weighted by molar-refractivity contribution is 7.87. The van der Waals surface area contributed by atoms with E-state index in [1.54, 1.807) is 23.1 Å². The van der Waals surface area contributed by atoms with E-state index in [-0.39, 0.29) is 16.6 Å². The molecule has 26 heavy (non-hydrogen) atoms. The van der Waals surface area contributed by atoms with Gasteiger partial charge < -0.3 is 9.08 Å². The first-order valence-electron chi connectivity index (χ1n) is 8.22. The summed E-state index contributed by atoms with van der Waals surface area (Å²) >= 11 is 0. The van der Waals surface area contributed by atoms with Gasteiger partial charge in [-0.15, -0.1) is 0 Å². The molecule has 2 aromatic rings. The van der Waals surface area contributed by atoms with Gasteiger partial charge >= 0.3 is 10.1 Å². The van der Waals surface area contributed by atoms with Gasteiger partial charge in [0.1, 0.15) is 16.5 Å². The Kier molecular flexibility index (Phi) is 6.37. The number of amides is 1. The second-order valence-electron chi connectivity index (χ2n) is 6.43. The third-order valence-electron chi connectivity index (χ3n) is 3.61. The van der Waals surface area contributed by atoms with Crippen molar-refractivity contribution in [1.29, 1.82) is 0 Å². The van der Waals surface area contributed by atoms with Gasteiger partial charge in [0.2, 0.25) is 5.91 Å². The molecule has 0 aliphatic rings. The van der Waals surface area contributed by atoms with Crippen LogP contribution >= 0.6 is 0 Å². The van der Waals surface area contributed by atoms with Crippen LogP contribution in [0.1, 0.15) is 26.3 Å². The smallest absolute Gasteiger partial charge is 0.339 e. The van der Waals surface area contributed by atoms with E-state index in [1.165, 1.54) is 13.0 Å². The summed E-state index contributed by atoms with van der Waals surface area (Å²) in [5.74, 6) is -0.124. The van der Waals surface area contributed by atoms with Gasteiger partial charge in [0.25, 0.3) is 0 Å². The van der Waals surface area contributed by atoms with E-state index >= 15 is 0 Å². The Morgan fingerprint density at radius 3 is 2.38 bits per heavy atom. The molecule has 0 fully saturated rings. The zero-order valence-electron chi connectivity index (χ0n) is 15.0. The number of rotatable bonds is 7. The van der Waals surface area contributed by atoms with Crippen molar-refractivity contribution in [3.05, 3.63) is 59.9 Å². The number of benzene rings is 2. The molecular formula is C19H22FNO4S. The molecule has 0 saturated carbocycles. The maximum atomic E-state index is 13.0. The molecule has 2 rings (SSSR count). The predicted molar refractivity (Wildman–Crippen MR) is 96.6 cm³/mol. The summed E-state index contributed by atoms with van der Waals surface area (Å²) in [5, 5.41) is 0. The highest BCUT2D eigenvalue weighted by atomic mass is 32.2. The van der Waals surface area contributed by atoms with Crippen molar-refractivity contribution in [3.8, 4) is 5.75 Å². The highest BCUT2D eigenvalue weighted by Crippen LogP contribution is 2.21. The largest absolute Gasteiger partial charge is 0.379 e. The minimum absolute atomic E-state index is 0.0519. The lowest BCUT2D eigenvalue weighted by Gasteiger charge is -2.23. The van der Waals surface area contributed by atoms with Crippen LogP contribution in [0.15, 0.2) is 53.4 Å². The SMILES string of the molecule is CC(=O)N(Cc1cccc(OS(=O)(=O)c2ccc(F)cc2)c1)CC(C)C. The normalized spacial score (nSPS) is 11.4. The lowest BCUT2D eigenvalue weighted by molar-refractivity contribution is -0.130. The quantitative estimate of drug-likeness (QED) is 0.690. The molecule has 0 radical (unpaired) electrons. The van der Waals surface area contributed by atoms with Crippen LogP contribution in [0.4, 0.5) is 4.39 Å². The third-order valence-corrected chi connectivity index (χ3v) is 4.87. The number of halogens is 1. The lowest BCUT2D eigenvalue weighted by Crippen LogP contribution is -2.31. The Balaban J connectivity index is 2.18. The summed E-state index contributed by atoms with van der Waals surface area (Å²) < 4.78 is 42.7. The molecular weight excluding hydrogens is 357 g/mol. The molecule has 0 bridgehead atoms. The highest BCUT2D eigenvalue weighted by Gasteiger charge is 2.17. The van der Waals surface area contributed by atoms with Gasteiger partial charge in [0.05, 0.1) is 0 Å². The summed E-state index contributed by atoms with van der Waals surface area (Å²) in [7, 11) is -4.06. The number of carbonyl (C=O) groups is 1. The molecule has 7 heteroatoms. The number of hydrogen-bond acceptors (Lipinski definition) is 4. The first-order valence-corrected chi connectivity index (χ1v) is 9.62. The van der Waals surface area contributed by atoms with Gasteiger partial charge in [-0.3, -0.25) is 4.79 Å². The molecule has 0 N–H and O–H groups in total. The zero-order chi connectivity index (χ0) is 19.3. The van der Waals surface area contributed by atoms with E-state index in [1.807, 2.05) is 13.8 Å². The number of carbonyl (C=O) groups excluding carboxylic acids is 1. The molecule has 0 aromatic heterocycles. The van der Waals surface area contributed by atoms with E-state index in [4.69, 9.17) is 4.18 Å². The minimum atomic E-state index is -4.06. The summed E-state index contributed by atoms with van der Waals surface area (Å²) in [5.41, 5.74) is 0.757. The van der Waals surface area contributed by atoms with Gasteiger partial charge in [-0.05, 0) is 47.9 Å². The average Bonchev–Trinajstić information content (AvgIpc) is 2.54. The topological polar surface area (TPSA) is 63.7 Å².